The van der Waals surface area contributed by atoms with Crippen LogP contribution in [0.4, 0.5) is 5.95 Å². The highest BCUT2D eigenvalue weighted by atomic mass is 32.1. The molecule has 0 spiro atoms. The lowest BCUT2D eigenvalue weighted by molar-refractivity contribution is -0.121. The summed E-state index contributed by atoms with van der Waals surface area (Å²) in [4.78, 5) is 22.2. The second-order valence-corrected chi connectivity index (χ2v) is 8.05. The summed E-state index contributed by atoms with van der Waals surface area (Å²) in [6.45, 7) is 0.887. The van der Waals surface area contributed by atoms with Gasteiger partial charge < -0.3 is 24.5 Å². The SMILES string of the molecule is O=C(Cc1cccs1)N[C@H]1CO[C@H]2[C@H]1OC[C@H]2Nc1nccc(-c2ccco2)n1. The first-order valence-corrected chi connectivity index (χ1v) is 10.3. The van der Waals surface area contributed by atoms with Gasteiger partial charge in [-0.05, 0) is 29.6 Å². The smallest absolute Gasteiger partial charge is 0.225 e. The summed E-state index contributed by atoms with van der Waals surface area (Å²) in [6.07, 6.45) is 3.31. The van der Waals surface area contributed by atoms with Crippen molar-refractivity contribution in [1.82, 2.24) is 15.3 Å². The summed E-state index contributed by atoms with van der Waals surface area (Å²) in [5.74, 6) is 1.15. The van der Waals surface area contributed by atoms with E-state index in [2.05, 4.69) is 20.6 Å². The molecule has 1 amide bonds. The Kier molecular flexibility index (Phi) is 5.01. The van der Waals surface area contributed by atoms with Crippen molar-refractivity contribution in [3.05, 3.63) is 53.0 Å². The number of ether oxygens (including phenoxy) is 2. The van der Waals surface area contributed by atoms with Gasteiger partial charge in [-0.25, -0.2) is 9.97 Å². The highest BCUT2D eigenvalue weighted by Gasteiger charge is 2.48. The normalized spacial score (nSPS) is 25.7. The molecule has 2 aliphatic heterocycles. The number of thiophene rings is 1. The summed E-state index contributed by atoms with van der Waals surface area (Å²) < 4.78 is 17.3. The molecule has 5 heterocycles. The molecule has 2 saturated heterocycles. The van der Waals surface area contributed by atoms with Gasteiger partial charge in [-0.1, -0.05) is 6.07 Å². The molecular formula is C20H20N4O4S. The van der Waals surface area contributed by atoms with Crippen LogP contribution < -0.4 is 10.6 Å². The number of anilines is 1. The third-order valence-corrected chi connectivity index (χ3v) is 5.93. The molecule has 0 radical (unpaired) electrons. The van der Waals surface area contributed by atoms with E-state index in [-0.39, 0.29) is 30.2 Å². The Labute approximate surface area is 171 Å². The van der Waals surface area contributed by atoms with Crippen molar-refractivity contribution in [2.24, 2.45) is 0 Å². The Morgan fingerprint density at radius 1 is 1.14 bits per heavy atom. The largest absolute Gasteiger partial charge is 0.463 e. The molecule has 150 valence electrons. The molecule has 3 aromatic rings. The molecule has 5 rings (SSSR count). The van der Waals surface area contributed by atoms with Gasteiger partial charge in [-0.3, -0.25) is 4.79 Å². The quantitative estimate of drug-likeness (QED) is 0.640. The fourth-order valence-electron chi connectivity index (χ4n) is 3.73. The fraction of sp³-hybridized carbons (Fsp3) is 0.350. The van der Waals surface area contributed by atoms with E-state index < -0.39 is 0 Å². The van der Waals surface area contributed by atoms with Gasteiger partial charge >= 0.3 is 0 Å². The minimum Gasteiger partial charge on any atom is -0.463 e. The maximum atomic E-state index is 12.3. The number of hydrogen-bond acceptors (Lipinski definition) is 8. The van der Waals surface area contributed by atoms with Crippen molar-refractivity contribution in [1.29, 1.82) is 0 Å². The summed E-state index contributed by atoms with van der Waals surface area (Å²) >= 11 is 1.58. The monoisotopic (exact) mass is 412 g/mol. The predicted octanol–water partition coefficient (Wildman–Crippen LogP) is 2.10. The standard InChI is InChI=1S/C20H20N4O4S/c25-17(9-12-3-2-8-29-12)22-14-10-27-19-15(11-28-18(14)19)24-20-21-6-5-13(23-20)16-4-1-7-26-16/h1-8,14-15,18-19H,9-11H2,(H,22,25)(H,21,23,24)/t14-,15+,18-,19+/m0/s1. The number of rotatable bonds is 6. The van der Waals surface area contributed by atoms with Gasteiger partial charge in [0.1, 0.15) is 17.9 Å². The van der Waals surface area contributed by atoms with Crippen LogP contribution in [-0.2, 0) is 20.7 Å². The molecule has 2 N–H and O–H groups in total. The number of fused-ring (bicyclic) bond motifs is 1. The lowest BCUT2D eigenvalue weighted by Crippen LogP contribution is -2.45. The second-order valence-electron chi connectivity index (χ2n) is 7.02. The van der Waals surface area contributed by atoms with Crippen LogP contribution in [0.5, 0.6) is 0 Å². The van der Waals surface area contributed by atoms with Gasteiger partial charge in [0, 0.05) is 11.1 Å². The minimum absolute atomic E-state index is 0.0174. The second kappa shape index (κ2) is 7.94. The van der Waals surface area contributed by atoms with E-state index in [1.54, 1.807) is 29.9 Å². The number of carbonyl (C=O) groups excluding carboxylic acids is 1. The zero-order valence-electron chi connectivity index (χ0n) is 15.5. The summed E-state index contributed by atoms with van der Waals surface area (Å²) in [5, 5.41) is 8.32. The van der Waals surface area contributed by atoms with Crippen LogP contribution in [0.1, 0.15) is 4.88 Å². The number of aromatic nitrogens is 2. The molecule has 2 aliphatic rings. The molecule has 0 aliphatic carbocycles. The molecule has 4 atom stereocenters. The maximum absolute atomic E-state index is 12.3. The van der Waals surface area contributed by atoms with Crippen molar-refractivity contribution in [3.63, 3.8) is 0 Å². The lowest BCUT2D eigenvalue weighted by atomic mass is 10.1. The minimum atomic E-state index is -0.187. The Balaban J connectivity index is 1.20. The van der Waals surface area contributed by atoms with Crippen molar-refractivity contribution >= 4 is 23.2 Å². The first-order valence-electron chi connectivity index (χ1n) is 9.45. The molecule has 0 aromatic carbocycles. The van der Waals surface area contributed by atoms with Crippen LogP contribution in [0, 0.1) is 0 Å². The summed E-state index contributed by atoms with van der Waals surface area (Å²) in [6, 6.07) is 9.12. The van der Waals surface area contributed by atoms with E-state index >= 15 is 0 Å². The van der Waals surface area contributed by atoms with Crippen LogP contribution in [-0.4, -0.2) is 53.4 Å². The van der Waals surface area contributed by atoms with E-state index in [0.29, 0.717) is 37.0 Å². The van der Waals surface area contributed by atoms with Gasteiger partial charge in [-0.2, -0.15) is 0 Å². The molecule has 3 aromatic heterocycles. The van der Waals surface area contributed by atoms with Crippen molar-refractivity contribution in [2.75, 3.05) is 18.5 Å². The zero-order valence-corrected chi connectivity index (χ0v) is 16.3. The number of furan rings is 1. The summed E-state index contributed by atoms with van der Waals surface area (Å²) in [7, 11) is 0. The van der Waals surface area contributed by atoms with E-state index in [4.69, 9.17) is 13.9 Å². The topological polar surface area (TPSA) is 98.5 Å². The fourth-order valence-corrected chi connectivity index (χ4v) is 4.44. The van der Waals surface area contributed by atoms with Crippen LogP contribution in [0.3, 0.4) is 0 Å². The van der Waals surface area contributed by atoms with E-state index in [1.807, 2.05) is 29.6 Å². The number of nitrogens with zero attached hydrogens (tertiary/aromatic N) is 2. The van der Waals surface area contributed by atoms with Crippen molar-refractivity contribution in [3.8, 4) is 11.5 Å². The number of nitrogens with one attached hydrogen (secondary N) is 2. The molecular weight excluding hydrogens is 392 g/mol. The van der Waals surface area contributed by atoms with Gasteiger partial charge in [0.25, 0.3) is 0 Å². The van der Waals surface area contributed by atoms with E-state index in [0.717, 1.165) is 4.88 Å². The summed E-state index contributed by atoms with van der Waals surface area (Å²) in [5.41, 5.74) is 0.703. The van der Waals surface area contributed by atoms with Crippen LogP contribution in [0.15, 0.2) is 52.6 Å². The van der Waals surface area contributed by atoms with Gasteiger partial charge in [0.2, 0.25) is 11.9 Å². The average molecular weight is 412 g/mol. The molecule has 9 heteroatoms. The zero-order chi connectivity index (χ0) is 19.6. The average Bonchev–Trinajstić information content (AvgIpc) is 3.50. The van der Waals surface area contributed by atoms with Crippen molar-refractivity contribution < 1.29 is 18.7 Å². The first kappa shape index (κ1) is 18.3. The molecule has 29 heavy (non-hydrogen) atoms. The highest BCUT2D eigenvalue weighted by Crippen LogP contribution is 2.29. The number of hydrogen-bond donors (Lipinski definition) is 2. The van der Waals surface area contributed by atoms with E-state index in [1.165, 1.54) is 0 Å². The van der Waals surface area contributed by atoms with E-state index in [9.17, 15) is 4.79 Å². The Hall–Kier alpha value is -2.75. The van der Waals surface area contributed by atoms with Crippen molar-refractivity contribution in [2.45, 2.75) is 30.7 Å². The lowest BCUT2D eigenvalue weighted by Gasteiger charge is -2.18. The van der Waals surface area contributed by atoms with Gasteiger partial charge in [-0.15, -0.1) is 11.3 Å². The van der Waals surface area contributed by atoms with Gasteiger partial charge in [0.15, 0.2) is 5.76 Å². The van der Waals surface area contributed by atoms with Crippen LogP contribution in [0.25, 0.3) is 11.5 Å². The third-order valence-electron chi connectivity index (χ3n) is 5.06. The Bertz CT molecular complexity index is 963. The molecule has 0 bridgehead atoms. The third kappa shape index (κ3) is 3.89. The maximum Gasteiger partial charge on any atom is 0.225 e. The molecule has 0 unspecified atom stereocenters. The predicted molar refractivity (Wildman–Crippen MR) is 107 cm³/mol. The molecule has 8 nitrogen and oxygen atoms in total. The molecule has 2 fully saturated rings. The van der Waals surface area contributed by atoms with Crippen LogP contribution in [0.2, 0.25) is 0 Å². The van der Waals surface area contributed by atoms with Crippen LogP contribution >= 0.6 is 11.3 Å². The first-order chi connectivity index (χ1) is 14.3. The Morgan fingerprint density at radius 2 is 2.00 bits per heavy atom. The number of carbonyl (C=O) groups is 1. The number of amides is 1. The molecule has 0 saturated carbocycles. The highest BCUT2D eigenvalue weighted by molar-refractivity contribution is 7.10. The van der Waals surface area contributed by atoms with Gasteiger partial charge in [0.05, 0.1) is 38.0 Å². The Morgan fingerprint density at radius 3 is 2.79 bits per heavy atom.